The van der Waals surface area contributed by atoms with Crippen LogP contribution in [0.2, 0.25) is 0 Å². The minimum atomic E-state index is 0.0846. The number of amides is 1. The number of rotatable bonds is 5. The number of nitrogens with two attached hydrogens (primary N) is 1. The van der Waals surface area contributed by atoms with Gasteiger partial charge in [-0.05, 0) is 26.3 Å². The van der Waals surface area contributed by atoms with Crippen molar-refractivity contribution in [3.05, 3.63) is 16.6 Å². The number of nitrogens with zero attached hydrogens (tertiary/aromatic N) is 2. The molecule has 106 valence electrons. The van der Waals surface area contributed by atoms with Crippen molar-refractivity contribution in [3.8, 4) is 0 Å². The fraction of sp³-hybridized carbons (Fsp3) is 0.692. The zero-order chi connectivity index (χ0) is 13.7. The van der Waals surface area contributed by atoms with Crippen molar-refractivity contribution in [1.29, 1.82) is 0 Å². The number of hydrogen-bond acceptors (Lipinski definition) is 5. The summed E-state index contributed by atoms with van der Waals surface area (Å²) in [6, 6.07) is 0.288. The minimum absolute atomic E-state index is 0.0846. The lowest BCUT2D eigenvalue weighted by molar-refractivity contribution is -0.126. The summed E-state index contributed by atoms with van der Waals surface area (Å²) in [6.45, 7) is 5.08. The van der Waals surface area contributed by atoms with E-state index in [0.29, 0.717) is 13.1 Å². The van der Waals surface area contributed by atoms with Crippen LogP contribution in [-0.2, 0) is 4.79 Å². The molecular formula is C13H22N4OS. The smallest absolute Gasteiger partial charge is 0.224 e. The molecule has 1 fully saturated rings. The molecule has 0 aromatic carbocycles. The molecule has 1 saturated heterocycles. The lowest BCUT2D eigenvalue weighted by Crippen LogP contribution is -2.44. The van der Waals surface area contributed by atoms with Gasteiger partial charge in [0.1, 0.15) is 0 Å². The highest BCUT2D eigenvalue weighted by Gasteiger charge is 2.28. The van der Waals surface area contributed by atoms with Crippen LogP contribution in [0.4, 0.5) is 0 Å². The second kappa shape index (κ2) is 6.98. The molecule has 0 radical (unpaired) electrons. The largest absolute Gasteiger partial charge is 0.355 e. The van der Waals surface area contributed by atoms with E-state index in [1.165, 1.54) is 0 Å². The molecule has 1 aromatic heterocycles. The Bertz CT molecular complexity index is 395. The van der Waals surface area contributed by atoms with Gasteiger partial charge in [-0.25, -0.2) is 4.98 Å². The molecular weight excluding hydrogens is 260 g/mol. The van der Waals surface area contributed by atoms with Gasteiger partial charge in [0.25, 0.3) is 0 Å². The lowest BCUT2D eigenvalue weighted by atomic mass is 9.95. The second-order valence-electron chi connectivity index (χ2n) is 5.00. The van der Waals surface area contributed by atoms with Crippen LogP contribution in [0.15, 0.2) is 10.9 Å². The van der Waals surface area contributed by atoms with Crippen LogP contribution >= 0.6 is 11.3 Å². The predicted molar refractivity (Wildman–Crippen MR) is 76.9 cm³/mol. The summed E-state index contributed by atoms with van der Waals surface area (Å²) in [5.41, 5.74) is 8.38. The monoisotopic (exact) mass is 282 g/mol. The first-order valence-corrected chi connectivity index (χ1v) is 7.76. The van der Waals surface area contributed by atoms with Crippen LogP contribution in [0.25, 0.3) is 0 Å². The maximum absolute atomic E-state index is 12.0. The van der Waals surface area contributed by atoms with E-state index in [9.17, 15) is 4.79 Å². The third-order valence-corrected chi connectivity index (χ3v) is 4.30. The number of piperidine rings is 1. The van der Waals surface area contributed by atoms with Crippen molar-refractivity contribution in [1.82, 2.24) is 15.2 Å². The number of carbonyl (C=O) groups excluding carboxylic acids is 1. The third kappa shape index (κ3) is 3.75. The van der Waals surface area contributed by atoms with E-state index in [4.69, 9.17) is 5.73 Å². The van der Waals surface area contributed by atoms with Crippen molar-refractivity contribution >= 4 is 17.2 Å². The van der Waals surface area contributed by atoms with Crippen molar-refractivity contribution in [2.75, 3.05) is 26.2 Å². The first kappa shape index (κ1) is 14.4. The van der Waals surface area contributed by atoms with Gasteiger partial charge < -0.3 is 11.1 Å². The molecule has 0 spiro atoms. The number of likely N-dealkylation sites (tertiary alicyclic amines) is 1. The highest BCUT2D eigenvalue weighted by Crippen LogP contribution is 2.26. The standard InChI is InChI=1S/C13H22N4OS/c1-10(12-8-19-9-16-12)17-6-2-3-11(7-17)13(18)15-5-4-14/h8-11H,2-7,14H2,1H3,(H,15,18). The van der Waals surface area contributed by atoms with Crippen molar-refractivity contribution < 1.29 is 4.79 Å². The Morgan fingerprint density at radius 1 is 1.74 bits per heavy atom. The average molecular weight is 282 g/mol. The van der Waals surface area contributed by atoms with Crippen molar-refractivity contribution in [2.45, 2.75) is 25.8 Å². The van der Waals surface area contributed by atoms with Gasteiger partial charge in [-0.15, -0.1) is 11.3 Å². The minimum Gasteiger partial charge on any atom is -0.355 e. The molecule has 5 nitrogen and oxygen atoms in total. The molecule has 0 aliphatic carbocycles. The van der Waals surface area contributed by atoms with Gasteiger partial charge in [-0.2, -0.15) is 0 Å². The maximum atomic E-state index is 12.0. The number of aromatic nitrogens is 1. The SMILES string of the molecule is CC(c1cscn1)N1CCCC(C(=O)NCCN)C1. The Labute approximate surface area is 118 Å². The van der Waals surface area contributed by atoms with E-state index in [1.54, 1.807) is 11.3 Å². The normalized spacial score (nSPS) is 22.1. The summed E-state index contributed by atoms with van der Waals surface area (Å²) in [7, 11) is 0. The van der Waals surface area contributed by atoms with Crippen LogP contribution in [0, 0.1) is 5.92 Å². The molecule has 0 saturated carbocycles. The molecule has 2 heterocycles. The van der Waals surface area contributed by atoms with Crippen molar-refractivity contribution in [3.63, 3.8) is 0 Å². The molecule has 2 atom stereocenters. The van der Waals surface area contributed by atoms with Gasteiger partial charge in [-0.1, -0.05) is 0 Å². The maximum Gasteiger partial charge on any atom is 0.224 e. The van der Waals surface area contributed by atoms with Crippen LogP contribution in [0.1, 0.15) is 31.5 Å². The van der Waals surface area contributed by atoms with E-state index in [-0.39, 0.29) is 17.9 Å². The molecule has 1 aromatic rings. The van der Waals surface area contributed by atoms with E-state index in [1.807, 2.05) is 5.51 Å². The number of nitrogens with one attached hydrogen (secondary N) is 1. The molecule has 1 amide bonds. The Balaban J connectivity index is 1.91. The zero-order valence-electron chi connectivity index (χ0n) is 11.3. The van der Waals surface area contributed by atoms with Gasteiger partial charge in [0.15, 0.2) is 0 Å². The molecule has 0 bridgehead atoms. The van der Waals surface area contributed by atoms with Crippen LogP contribution in [0.3, 0.4) is 0 Å². The van der Waals surface area contributed by atoms with Gasteiger partial charge in [-0.3, -0.25) is 9.69 Å². The number of thiazole rings is 1. The highest BCUT2D eigenvalue weighted by atomic mass is 32.1. The zero-order valence-corrected chi connectivity index (χ0v) is 12.2. The predicted octanol–water partition coefficient (Wildman–Crippen LogP) is 0.991. The Hall–Kier alpha value is -0.980. The first-order chi connectivity index (χ1) is 9.22. The first-order valence-electron chi connectivity index (χ1n) is 6.82. The summed E-state index contributed by atoms with van der Waals surface area (Å²) in [5, 5.41) is 4.98. The Kier molecular flexibility index (Phi) is 5.30. The van der Waals surface area contributed by atoms with Crippen LogP contribution in [-0.4, -0.2) is 42.0 Å². The summed E-state index contributed by atoms with van der Waals surface area (Å²) >= 11 is 1.62. The van der Waals surface area contributed by atoms with E-state index in [2.05, 4.69) is 27.5 Å². The third-order valence-electron chi connectivity index (χ3n) is 3.69. The topological polar surface area (TPSA) is 71.2 Å². The van der Waals surface area contributed by atoms with Gasteiger partial charge in [0, 0.05) is 25.0 Å². The Morgan fingerprint density at radius 2 is 2.58 bits per heavy atom. The molecule has 3 N–H and O–H groups in total. The molecule has 2 rings (SSSR count). The van der Waals surface area contributed by atoms with Gasteiger partial charge >= 0.3 is 0 Å². The highest BCUT2D eigenvalue weighted by molar-refractivity contribution is 7.07. The van der Waals surface area contributed by atoms with E-state index < -0.39 is 0 Å². The second-order valence-corrected chi connectivity index (χ2v) is 5.72. The van der Waals surface area contributed by atoms with Gasteiger partial charge in [0.05, 0.1) is 23.2 Å². The summed E-state index contributed by atoms with van der Waals surface area (Å²) in [4.78, 5) is 18.7. The van der Waals surface area contributed by atoms with E-state index in [0.717, 1.165) is 31.6 Å². The van der Waals surface area contributed by atoms with Gasteiger partial charge in [0.2, 0.25) is 5.91 Å². The number of hydrogen-bond donors (Lipinski definition) is 2. The van der Waals surface area contributed by atoms with Crippen LogP contribution in [0.5, 0.6) is 0 Å². The summed E-state index contributed by atoms with van der Waals surface area (Å²) in [6.07, 6.45) is 2.03. The fourth-order valence-electron chi connectivity index (χ4n) is 2.53. The molecule has 1 aliphatic heterocycles. The van der Waals surface area contributed by atoms with Crippen molar-refractivity contribution in [2.24, 2.45) is 11.7 Å². The average Bonchev–Trinajstić information content (AvgIpc) is 2.98. The fourth-order valence-corrected chi connectivity index (χ4v) is 3.17. The lowest BCUT2D eigenvalue weighted by Gasteiger charge is -2.35. The van der Waals surface area contributed by atoms with Crippen LogP contribution < -0.4 is 11.1 Å². The quantitative estimate of drug-likeness (QED) is 0.845. The van der Waals surface area contributed by atoms with E-state index >= 15 is 0 Å². The molecule has 1 aliphatic rings. The summed E-state index contributed by atoms with van der Waals surface area (Å²) < 4.78 is 0. The Morgan fingerprint density at radius 3 is 3.26 bits per heavy atom. The molecule has 19 heavy (non-hydrogen) atoms. The number of carbonyl (C=O) groups is 1. The molecule has 2 unspecified atom stereocenters. The summed E-state index contributed by atoms with van der Waals surface area (Å²) in [5.74, 6) is 0.224. The molecule has 6 heteroatoms.